The fourth-order valence-corrected chi connectivity index (χ4v) is 5.48. The SMILES string of the molecule is CC1(C)Cc2c(c(N3CCOCC3)nc3sc(C(=O)Nc4ccccc4[N+](=O)[O-])c(N)c23)CO1. The number of nitrogens with one attached hydrogen (secondary N) is 1. The third kappa shape index (κ3) is 3.95. The van der Waals surface area contributed by atoms with E-state index in [1.165, 1.54) is 23.5 Å². The van der Waals surface area contributed by atoms with Crippen molar-refractivity contribution in [1.29, 1.82) is 0 Å². The number of nitrogens with two attached hydrogens (primary N) is 1. The van der Waals surface area contributed by atoms with Crippen molar-refractivity contribution in [2.45, 2.75) is 32.5 Å². The number of amides is 1. The lowest BCUT2D eigenvalue weighted by molar-refractivity contribution is -0.383. The third-order valence-electron chi connectivity index (χ3n) is 6.15. The van der Waals surface area contributed by atoms with Crippen molar-refractivity contribution in [3.63, 3.8) is 0 Å². The molecule has 0 radical (unpaired) electrons. The lowest BCUT2D eigenvalue weighted by Crippen LogP contribution is -2.39. The molecular weight excluding hydrogens is 458 g/mol. The lowest BCUT2D eigenvalue weighted by Gasteiger charge is -2.36. The molecule has 1 fully saturated rings. The van der Waals surface area contributed by atoms with Gasteiger partial charge in [-0.15, -0.1) is 11.3 Å². The molecule has 1 saturated heterocycles. The number of carbonyl (C=O) groups is 1. The van der Waals surface area contributed by atoms with Crippen LogP contribution in [0.3, 0.4) is 0 Å². The summed E-state index contributed by atoms with van der Waals surface area (Å²) < 4.78 is 11.6. The number of morpholine rings is 1. The molecule has 10 nitrogen and oxygen atoms in total. The molecule has 3 aromatic rings. The Hall–Kier alpha value is -3.28. The maximum absolute atomic E-state index is 13.2. The van der Waals surface area contributed by atoms with Crippen molar-refractivity contribution in [3.8, 4) is 0 Å². The number of hydrogen-bond donors (Lipinski definition) is 2. The van der Waals surface area contributed by atoms with E-state index in [0.717, 1.165) is 35.4 Å². The maximum atomic E-state index is 13.2. The van der Waals surface area contributed by atoms with Gasteiger partial charge in [0.15, 0.2) is 0 Å². The molecule has 34 heavy (non-hydrogen) atoms. The molecule has 0 spiro atoms. The minimum absolute atomic E-state index is 0.118. The number of benzene rings is 1. The number of nitro groups is 1. The van der Waals surface area contributed by atoms with Crippen LogP contribution >= 0.6 is 11.3 Å². The van der Waals surface area contributed by atoms with E-state index in [2.05, 4.69) is 10.2 Å². The van der Waals surface area contributed by atoms with Crippen molar-refractivity contribution >= 4 is 50.3 Å². The van der Waals surface area contributed by atoms with Gasteiger partial charge in [-0.2, -0.15) is 0 Å². The Kier molecular flexibility index (Phi) is 5.62. The van der Waals surface area contributed by atoms with E-state index >= 15 is 0 Å². The zero-order valence-electron chi connectivity index (χ0n) is 18.9. The Morgan fingerprint density at radius 1 is 1.26 bits per heavy atom. The molecule has 3 N–H and O–H groups in total. The van der Waals surface area contributed by atoms with Crippen LogP contribution in [0, 0.1) is 10.1 Å². The van der Waals surface area contributed by atoms with E-state index in [9.17, 15) is 14.9 Å². The molecular formula is C23H25N5O5S. The fourth-order valence-electron chi connectivity index (χ4n) is 4.47. The van der Waals surface area contributed by atoms with Gasteiger partial charge in [0, 0.05) is 36.5 Å². The van der Waals surface area contributed by atoms with Crippen LogP contribution in [0.4, 0.5) is 22.9 Å². The Morgan fingerprint density at radius 3 is 2.74 bits per heavy atom. The summed E-state index contributed by atoms with van der Waals surface area (Å²) >= 11 is 1.20. The maximum Gasteiger partial charge on any atom is 0.292 e. The molecule has 0 aliphatic carbocycles. The van der Waals surface area contributed by atoms with Gasteiger partial charge in [-0.1, -0.05) is 12.1 Å². The van der Waals surface area contributed by atoms with Gasteiger partial charge in [0.1, 0.15) is 21.2 Å². The molecule has 2 aliphatic rings. The molecule has 2 aromatic heterocycles. The van der Waals surface area contributed by atoms with Gasteiger partial charge in [-0.05, 0) is 25.5 Å². The molecule has 5 rings (SSSR count). The number of nitro benzene ring substituents is 1. The standard InChI is InChI=1S/C23H25N5O5S/c1-23(2)11-13-14(12-33-23)20(27-7-9-32-10-8-27)26-22-17(13)18(24)19(34-22)21(29)25-15-5-3-4-6-16(15)28(30)31/h3-6H,7-12,24H2,1-2H3,(H,25,29). The summed E-state index contributed by atoms with van der Waals surface area (Å²) in [4.78, 5) is 32.1. The van der Waals surface area contributed by atoms with Gasteiger partial charge in [0.05, 0.1) is 36.0 Å². The summed E-state index contributed by atoms with van der Waals surface area (Å²) in [5.74, 6) is 0.344. The molecule has 1 aromatic carbocycles. The first-order chi connectivity index (χ1) is 16.2. The summed E-state index contributed by atoms with van der Waals surface area (Å²) in [5, 5.41) is 14.8. The largest absolute Gasteiger partial charge is 0.397 e. The minimum atomic E-state index is -0.529. The number of carbonyl (C=O) groups excluding carboxylic acids is 1. The Morgan fingerprint density at radius 2 is 2.00 bits per heavy atom. The van der Waals surface area contributed by atoms with Crippen LogP contribution in [0.2, 0.25) is 0 Å². The molecule has 4 heterocycles. The zero-order chi connectivity index (χ0) is 24.0. The van der Waals surface area contributed by atoms with E-state index in [1.807, 2.05) is 13.8 Å². The molecule has 0 bridgehead atoms. The van der Waals surface area contributed by atoms with Gasteiger partial charge in [0.2, 0.25) is 0 Å². The average Bonchev–Trinajstić information content (AvgIpc) is 3.15. The summed E-state index contributed by atoms with van der Waals surface area (Å²) in [5.41, 5.74) is 8.46. The van der Waals surface area contributed by atoms with Gasteiger partial charge < -0.3 is 25.4 Å². The van der Waals surface area contributed by atoms with Crippen LogP contribution in [-0.2, 0) is 22.5 Å². The van der Waals surface area contributed by atoms with Crippen LogP contribution in [0.25, 0.3) is 10.2 Å². The number of hydrogen-bond acceptors (Lipinski definition) is 9. The van der Waals surface area contributed by atoms with Crippen molar-refractivity contribution in [1.82, 2.24) is 4.98 Å². The van der Waals surface area contributed by atoms with Crippen molar-refractivity contribution < 1.29 is 19.2 Å². The molecule has 0 saturated carbocycles. The van der Waals surface area contributed by atoms with Crippen LogP contribution in [0.5, 0.6) is 0 Å². The number of rotatable bonds is 4. The van der Waals surface area contributed by atoms with Crippen molar-refractivity contribution in [2.24, 2.45) is 0 Å². The number of fused-ring (bicyclic) bond motifs is 3. The number of aromatic nitrogens is 1. The molecule has 0 unspecified atom stereocenters. The first kappa shape index (κ1) is 22.5. The average molecular weight is 484 g/mol. The van der Waals surface area contributed by atoms with E-state index in [-0.39, 0.29) is 21.9 Å². The highest BCUT2D eigenvalue weighted by atomic mass is 32.1. The zero-order valence-corrected chi connectivity index (χ0v) is 19.7. The molecule has 0 atom stereocenters. The topological polar surface area (TPSA) is 133 Å². The summed E-state index contributed by atoms with van der Waals surface area (Å²) in [6, 6.07) is 6.02. The number of para-hydroxylation sites is 2. The Labute approximate surface area is 199 Å². The Balaban J connectivity index is 1.61. The quantitative estimate of drug-likeness (QED) is 0.424. The number of nitrogen functional groups attached to an aromatic ring is 1. The van der Waals surface area contributed by atoms with Gasteiger partial charge in [-0.3, -0.25) is 14.9 Å². The first-order valence-electron chi connectivity index (χ1n) is 11.0. The minimum Gasteiger partial charge on any atom is -0.397 e. The van der Waals surface area contributed by atoms with Crippen molar-refractivity contribution in [3.05, 3.63) is 50.4 Å². The van der Waals surface area contributed by atoms with Gasteiger partial charge >= 0.3 is 0 Å². The van der Waals surface area contributed by atoms with Gasteiger partial charge in [0.25, 0.3) is 11.6 Å². The second kappa shape index (κ2) is 8.49. The fraction of sp³-hybridized carbons (Fsp3) is 0.391. The highest BCUT2D eigenvalue weighted by Gasteiger charge is 2.34. The predicted octanol–water partition coefficient (Wildman–Crippen LogP) is 3.73. The highest BCUT2D eigenvalue weighted by molar-refractivity contribution is 7.21. The van der Waals surface area contributed by atoms with Crippen LogP contribution < -0.4 is 16.0 Å². The summed E-state index contributed by atoms with van der Waals surface area (Å²) in [6.45, 7) is 7.15. The van der Waals surface area contributed by atoms with E-state index in [4.69, 9.17) is 20.2 Å². The second-order valence-corrected chi connectivity index (χ2v) is 9.97. The van der Waals surface area contributed by atoms with E-state index in [1.54, 1.807) is 12.1 Å². The van der Waals surface area contributed by atoms with Crippen LogP contribution in [0.15, 0.2) is 24.3 Å². The number of anilines is 3. The molecule has 2 aliphatic heterocycles. The van der Waals surface area contributed by atoms with Crippen molar-refractivity contribution in [2.75, 3.05) is 42.3 Å². The third-order valence-corrected chi connectivity index (χ3v) is 7.24. The number of pyridine rings is 1. The van der Waals surface area contributed by atoms with Crippen LogP contribution in [-0.4, -0.2) is 47.7 Å². The lowest BCUT2D eigenvalue weighted by atomic mass is 9.89. The molecule has 11 heteroatoms. The number of ether oxygens (including phenoxy) is 2. The molecule has 1 amide bonds. The summed E-state index contributed by atoms with van der Waals surface area (Å²) in [6.07, 6.45) is 0.630. The monoisotopic (exact) mass is 483 g/mol. The summed E-state index contributed by atoms with van der Waals surface area (Å²) in [7, 11) is 0. The Bertz CT molecular complexity index is 1300. The predicted molar refractivity (Wildman–Crippen MR) is 131 cm³/mol. The number of nitrogens with zero attached hydrogens (tertiary/aromatic N) is 3. The number of thiophene rings is 1. The second-order valence-electron chi connectivity index (χ2n) is 8.97. The van der Waals surface area contributed by atoms with Crippen LogP contribution in [0.1, 0.15) is 34.6 Å². The van der Waals surface area contributed by atoms with Gasteiger partial charge in [-0.25, -0.2) is 4.98 Å². The highest BCUT2D eigenvalue weighted by Crippen LogP contribution is 2.44. The normalized spacial score (nSPS) is 17.4. The van der Waals surface area contributed by atoms with E-state index < -0.39 is 10.8 Å². The van der Waals surface area contributed by atoms with E-state index in [0.29, 0.717) is 36.8 Å². The molecule has 178 valence electrons. The first-order valence-corrected chi connectivity index (χ1v) is 11.8. The smallest absolute Gasteiger partial charge is 0.292 e.